The van der Waals surface area contributed by atoms with Crippen LogP contribution in [0.4, 0.5) is 4.79 Å². The number of H-pyrrole nitrogens is 1. The van der Waals surface area contributed by atoms with Crippen molar-refractivity contribution in [1.29, 1.82) is 0 Å². The van der Waals surface area contributed by atoms with E-state index in [4.69, 9.17) is 24.5 Å². The molecule has 1 aromatic rings. The van der Waals surface area contributed by atoms with E-state index >= 15 is 0 Å². The Morgan fingerprint density at radius 2 is 1.88 bits per heavy atom. The molecule has 0 atom stereocenters. The number of aliphatic carboxylic acids is 2. The molecule has 0 spiro atoms. The lowest BCUT2D eigenvalue weighted by Gasteiger charge is -2.27. The zero-order chi connectivity index (χ0) is 18.2. The molecule has 9 nitrogen and oxygen atoms in total. The topological polar surface area (TPSA) is 133 Å². The van der Waals surface area contributed by atoms with Crippen LogP contribution in [0.1, 0.15) is 43.5 Å². The van der Waals surface area contributed by atoms with Gasteiger partial charge in [-0.05, 0) is 18.8 Å². The van der Waals surface area contributed by atoms with Crippen LogP contribution >= 0.6 is 0 Å². The summed E-state index contributed by atoms with van der Waals surface area (Å²) in [7, 11) is 0. The number of carbonyl (C=O) groups excluding carboxylic acids is 1. The number of nitrogens with one attached hydrogen (secondary N) is 1. The monoisotopic (exact) mass is 353 g/mol. The molecule has 25 heavy (non-hydrogen) atoms. The Labute approximate surface area is 145 Å². The maximum Gasteiger partial charge on any atom is 0.414 e. The first-order valence-electron chi connectivity index (χ1n) is 8.36. The van der Waals surface area contributed by atoms with Gasteiger partial charge < -0.3 is 24.8 Å². The van der Waals surface area contributed by atoms with Gasteiger partial charge in [0.1, 0.15) is 0 Å². The first kappa shape index (κ1) is 18.8. The van der Waals surface area contributed by atoms with Crippen LogP contribution in [0.25, 0.3) is 0 Å². The van der Waals surface area contributed by atoms with E-state index in [1.165, 1.54) is 32.1 Å². The van der Waals surface area contributed by atoms with Crippen molar-refractivity contribution in [3.63, 3.8) is 0 Å². The van der Waals surface area contributed by atoms with Gasteiger partial charge in [0.2, 0.25) is 0 Å². The fourth-order valence-corrected chi connectivity index (χ4v) is 3.00. The molecule has 1 aromatic heterocycles. The standard InChI is InChI=1S/C14H21N3O2.C2H2O4/c18-14(19-9-11-4-2-1-3-5-11)17-7-6-12-13(8-17)16-10-15-12;3-1(4)2(5)6/h10-11H,1-9H2,(H,15,16);(H,3,4)(H,5,6). The minimum absolute atomic E-state index is 0.175. The highest BCUT2D eigenvalue weighted by atomic mass is 16.6. The van der Waals surface area contributed by atoms with Gasteiger partial charge in [0, 0.05) is 13.0 Å². The average Bonchev–Trinajstić information content (AvgIpc) is 3.08. The van der Waals surface area contributed by atoms with Gasteiger partial charge in [-0.1, -0.05) is 19.3 Å². The molecule has 1 saturated carbocycles. The van der Waals surface area contributed by atoms with Crippen LogP contribution in [0.15, 0.2) is 6.33 Å². The van der Waals surface area contributed by atoms with Crippen molar-refractivity contribution in [2.75, 3.05) is 13.2 Å². The van der Waals surface area contributed by atoms with Crippen molar-refractivity contribution < 1.29 is 29.3 Å². The summed E-state index contributed by atoms with van der Waals surface area (Å²) in [6.45, 7) is 1.89. The number of fused-ring (bicyclic) bond motifs is 1. The molecule has 0 radical (unpaired) electrons. The SMILES string of the molecule is O=C(O)C(=O)O.O=C(OCC1CCCCC1)N1CCc2nc[nH]c2C1. The summed E-state index contributed by atoms with van der Waals surface area (Å²) >= 11 is 0. The molecule has 0 bridgehead atoms. The van der Waals surface area contributed by atoms with E-state index in [1.54, 1.807) is 11.2 Å². The first-order chi connectivity index (χ1) is 12.0. The Kier molecular flexibility index (Phi) is 6.79. The molecule has 2 heterocycles. The van der Waals surface area contributed by atoms with E-state index in [-0.39, 0.29) is 6.09 Å². The van der Waals surface area contributed by atoms with Crippen LogP contribution in [0.2, 0.25) is 0 Å². The number of amides is 1. The predicted molar refractivity (Wildman–Crippen MR) is 85.9 cm³/mol. The number of ether oxygens (including phenoxy) is 1. The molecule has 1 aliphatic carbocycles. The number of carboxylic acids is 2. The zero-order valence-electron chi connectivity index (χ0n) is 13.9. The van der Waals surface area contributed by atoms with Gasteiger partial charge in [0.15, 0.2) is 0 Å². The van der Waals surface area contributed by atoms with E-state index in [0.717, 1.165) is 17.8 Å². The minimum atomic E-state index is -1.82. The van der Waals surface area contributed by atoms with Gasteiger partial charge in [-0.25, -0.2) is 19.4 Å². The molecule has 0 aromatic carbocycles. The molecule has 0 unspecified atom stereocenters. The summed E-state index contributed by atoms with van der Waals surface area (Å²) in [5.41, 5.74) is 2.12. The summed E-state index contributed by atoms with van der Waals surface area (Å²) in [5.74, 6) is -3.07. The lowest BCUT2D eigenvalue weighted by molar-refractivity contribution is -0.159. The Morgan fingerprint density at radius 3 is 2.52 bits per heavy atom. The molecule has 138 valence electrons. The number of hydrogen-bond donors (Lipinski definition) is 3. The van der Waals surface area contributed by atoms with Crippen LogP contribution in [-0.4, -0.2) is 56.3 Å². The molecular formula is C16H23N3O6. The number of imidazole rings is 1. The summed E-state index contributed by atoms with van der Waals surface area (Å²) in [5, 5.41) is 14.8. The van der Waals surface area contributed by atoms with Crippen LogP contribution in [0.3, 0.4) is 0 Å². The van der Waals surface area contributed by atoms with Crippen molar-refractivity contribution >= 4 is 18.0 Å². The number of aromatic nitrogens is 2. The van der Waals surface area contributed by atoms with E-state index in [0.29, 0.717) is 25.6 Å². The van der Waals surface area contributed by atoms with Crippen molar-refractivity contribution in [1.82, 2.24) is 14.9 Å². The second-order valence-corrected chi connectivity index (χ2v) is 6.19. The maximum absolute atomic E-state index is 12.0. The summed E-state index contributed by atoms with van der Waals surface area (Å²) < 4.78 is 5.47. The number of aromatic amines is 1. The van der Waals surface area contributed by atoms with E-state index in [2.05, 4.69) is 9.97 Å². The van der Waals surface area contributed by atoms with Crippen LogP contribution < -0.4 is 0 Å². The van der Waals surface area contributed by atoms with Crippen molar-refractivity contribution in [2.24, 2.45) is 5.92 Å². The van der Waals surface area contributed by atoms with Crippen molar-refractivity contribution in [2.45, 2.75) is 45.1 Å². The predicted octanol–water partition coefficient (Wildman–Crippen LogP) is 1.64. The quantitative estimate of drug-likeness (QED) is 0.688. The normalized spacial score (nSPS) is 17.0. The number of rotatable bonds is 2. The molecule has 3 rings (SSSR count). The third-order valence-electron chi connectivity index (χ3n) is 4.38. The minimum Gasteiger partial charge on any atom is -0.473 e. The molecule has 0 saturated heterocycles. The fraction of sp³-hybridized carbons (Fsp3) is 0.625. The largest absolute Gasteiger partial charge is 0.473 e. The van der Waals surface area contributed by atoms with Crippen molar-refractivity contribution in [3.8, 4) is 0 Å². The summed E-state index contributed by atoms with van der Waals surface area (Å²) in [6.07, 6.45) is 8.65. The number of nitrogens with zero attached hydrogens (tertiary/aromatic N) is 2. The lowest BCUT2D eigenvalue weighted by atomic mass is 9.90. The van der Waals surface area contributed by atoms with E-state index < -0.39 is 11.9 Å². The Morgan fingerprint density at radius 1 is 1.20 bits per heavy atom. The van der Waals surface area contributed by atoms with E-state index in [1.807, 2.05) is 0 Å². The lowest BCUT2D eigenvalue weighted by Crippen LogP contribution is -2.37. The maximum atomic E-state index is 12.0. The van der Waals surface area contributed by atoms with Crippen LogP contribution in [0, 0.1) is 5.92 Å². The first-order valence-corrected chi connectivity index (χ1v) is 8.36. The molecule has 9 heteroatoms. The molecule has 1 fully saturated rings. The molecule has 1 amide bonds. The van der Waals surface area contributed by atoms with Crippen molar-refractivity contribution in [3.05, 3.63) is 17.7 Å². The van der Waals surface area contributed by atoms with Gasteiger partial charge in [0.25, 0.3) is 0 Å². The third kappa shape index (κ3) is 5.77. The smallest absolute Gasteiger partial charge is 0.414 e. The Bertz CT molecular complexity index is 597. The van der Waals surface area contributed by atoms with Crippen LogP contribution in [-0.2, 0) is 27.3 Å². The van der Waals surface area contributed by atoms with Gasteiger partial charge in [-0.15, -0.1) is 0 Å². The second kappa shape index (κ2) is 9.05. The average molecular weight is 353 g/mol. The molecule has 3 N–H and O–H groups in total. The Hall–Kier alpha value is -2.58. The zero-order valence-corrected chi connectivity index (χ0v) is 13.9. The Balaban J connectivity index is 0.000000326. The number of hydrogen-bond acceptors (Lipinski definition) is 5. The molecule has 2 aliphatic rings. The van der Waals surface area contributed by atoms with Gasteiger partial charge in [-0.3, -0.25) is 0 Å². The highest BCUT2D eigenvalue weighted by molar-refractivity contribution is 6.27. The van der Waals surface area contributed by atoms with Gasteiger partial charge >= 0.3 is 18.0 Å². The van der Waals surface area contributed by atoms with Gasteiger partial charge in [-0.2, -0.15) is 0 Å². The number of carboxylic acid groups (broad SMARTS) is 2. The van der Waals surface area contributed by atoms with Gasteiger partial charge in [0.05, 0.1) is 30.9 Å². The number of carbonyl (C=O) groups is 3. The highest BCUT2D eigenvalue weighted by Gasteiger charge is 2.24. The molecule has 1 aliphatic heterocycles. The molecular weight excluding hydrogens is 330 g/mol. The fourth-order valence-electron chi connectivity index (χ4n) is 3.00. The van der Waals surface area contributed by atoms with Crippen LogP contribution in [0.5, 0.6) is 0 Å². The second-order valence-electron chi connectivity index (χ2n) is 6.19. The summed E-state index contributed by atoms with van der Waals surface area (Å²) in [4.78, 5) is 39.3. The summed E-state index contributed by atoms with van der Waals surface area (Å²) in [6, 6.07) is 0. The highest BCUT2D eigenvalue weighted by Crippen LogP contribution is 2.24. The van der Waals surface area contributed by atoms with E-state index in [9.17, 15) is 4.79 Å². The third-order valence-corrected chi connectivity index (χ3v) is 4.38.